The van der Waals surface area contributed by atoms with Gasteiger partial charge in [0.25, 0.3) is 0 Å². The molecule has 0 heterocycles. The maximum Gasteiger partial charge on any atom is 0.0465 e. The van der Waals surface area contributed by atoms with Gasteiger partial charge in [-0.1, -0.05) is 53.5 Å². The summed E-state index contributed by atoms with van der Waals surface area (Å²) in [6, 6.07) is 13.9. The minimum atomic E-state index is 0.673. The van der Waals surface area contributed by atoms with Crippen LogP contribution in [0.2, 0.25) is 10.0 Å². The topological polar surface area (TPSA) is 12.0 Å². The molecule has 3 heteroatoms. The molecular formula is C15H15Cl2N. The molecule has 0 fully saturated rings. The molecule has 2 rings (SSSR count). The third kappa shape index (κ3) is 3.26. The van der Waals surface area contributed by atoms with Crippen LogP contribution in [0.4, 0.5) is 0 Å². The summed E-state index contributed by atoms with van der Waals surface area (Å²) in [6.45, 7) is 3.60. The molecule has 0 aromatic heterocycles. The van der Waals surface area contributed by atoms with E-state index in [-0.39, 0.29) is 0 Å². The summed E-state index contributed by atoms with van der Waals surface area (Å²) in [5.41, 5.74) is 3.53. The first-order chi connectivity index (χ1) is 8.68. The van der Waals surface area contributed by atoms with Gasteiger partial charge < -0.3 is 5.32 Å². The van der Waals surface area contributed by atoms with Crippen LogP contribution in [-0.2, 0) is 13.1 Å². The van der Waals surface area contributed by atoms with Crippen molar-refractivity contribution >= 4 is 23.2 Å². The summed E-state index contributed by atoms with van der Waals surface area (Å²) < 4.78 is 0. The first-order valence-electron chi connectivity index (χ1n) is 5.86. The molecule has 0 radical (unpaired) electrons. The lowest BCUT2D eigenvalue weighted by atomic mass is 10.1. The maximum absolute atomic E-state index is 6.12. The minimum absolute atomic E-state index is 0.673. The van der Waals surface area contributed by atoms with Crippen LogP contribution in [0.15, 0.2) is 42.5 Å². The molecule has 0 amide bonds. The van der Waals surface area contributed by atoms with Crippen molar-refractivity contribution in [3.05, 3.63) is 69.2 Å². The van der Waals surface area contributed by atoms with Gasteiger partial charge in [-0.25, -0.2) is 0 Å². The second kappa shape index (κ2) is 6.24. The fraction of sp³-hybridized carbons (Fsp3) is 0.200. The van der Waals surface area contributed by atoms with Crippen molar-refractivity contribution in [2.75, 3.05) is 0 Å². The normalized spacial score (nSPS) is 10.6. The summed E-state index contributed by atoms with van der Waals surface area (Å²) in [4.78, 5) is 0. The summed E-state index contributed by atoms with van der Waals surface area (Å²) in [5.74, 6) is 0. The molecule has 0 aliphatic carbocycles. The molecule has 0 saturated heterocycles. The van der Waals surface area contributed by atoms with Gasteiger partial charge in [-0.05, 0) is 30.2 Å². The predicted octanol–water partition coefficient (Wildman–Crippen LogP) is 4.59. The highest BCUT2D eigenvalue weighted by Crippen LogP contribution is 2.24. The zero-order valence-corrected chi connectivity index (χ0v) is 11.7. The van der Waals surface area contributed by atoms with Crippen molar-refractivity contribution in [2.24, 2.45) is 0 Å². The van der Waals surface area contributed by atoms with Crippen LogP contribution in [0, 0.1) is 6.92 Å². The molecule has 0 unspecified atom stereocenters. The summed E-state index contributed by atoms with van der Waals surface area (Å²) in [5, 5.41) is 4.79. The fourth-order valence-electron chi connectivity index (χ4n) is 1.83. The van der Waals surface area contributed by atoms with E-state index in [4.69, 9.17) is 23.2 Å². The zero-order valence-electron chi connectivity index (χ0n) is 10.2. The van der Waals surface area contributed by atoms with Crippen LogP contribution in [-0.4, -0.2) is 0 Å². The standard InChI is InChI=1S/C15H15Cl2N/c1-11-5-2-3-6-12(11)9-18-10-13-14(16)7-4-8-15(13)17/h2-8,18H,9-10H2,1H3. The molecule has 0 spiro atoms. The van der Waals surface area contributed by atoms with Crippen LogP contribution in [0.5, 0.6) is 0 Å². The van der Waals surface area contributed by atoms with Crippen molar-refractivity contribution in [3.8, 4) is 0 Å². The Kier molecular flexibility index (Phi) is 4.65. The quantitative estimate of drug-likeness (QED) is 0.863. The Labute approximate surface area is 118 Å². The molecule has 1 nitrogen and oxygen atoms in total. The van der Waals surface area contributed by atoms with E-state index in [1.165, 1.54) is 11.1 Å². The van der Waals surface area contributed by atoms with Crippen molar-refractivity contribution in [1.29, 1.82) is 0 Å². The van der Waals surface area contributed by atoms with Crippen LogP contribution < -0.4 is 5.32 Å². The SMILES string of the molecule is Cc1ccccc1CNCc1c(Cl)cccc1Cl. The number of benzene rings is 2. The Morgan fingerprint density at radius 3 is 2.22 bits per heavy atom. The van der Waals surface area contributed by atoms with Crippen molar-refractivity contribution in [3.63, 3.8) is 0 Å². The first-order valence-corrected chi connectivity index (χ1v) is 6.62. The third-order valence-electron chi connectivity index (χ3n) is 2.94. The number of nitrogens with one attached hydrogen (secondary N) is 1. The minimum Gasteiger partial charge on any atom is -0.309 e. The number of aryl methyl sites for hydroxylation is 1. The smallest absolute Gasteiger partial charge is 0.0465 e. The zero-order chi connectivity index (χ0) is 13.0. The van der Waals surface area contributed by atoms with Gasteiger partial charge in [0.05, 0.1) is 0 Å². The summed E-state index contributed by atoms with van der Waals surface area (Å²) >= 11 is 12.2. The van der Waals surface area contributed by atoms with Gasteiger partial charge >= 0.3 is 0 Å². The third-order valence-corrected chi connectivity index (χ3v) is 3.65. The molecule has 18 heavy (non-hydrogen) atoms. The van der Waals surface area contributed by atoms with E-state index in [0.717, 1.165) is 12.1 Å². The number of rotatable bonds is 4. The first kappa shape index (κ1) is 13.4. The monoisotopic (exact) mass is 279 g/mol. The van der Waals surface area contributed by atoms with Gasteiger partial charge in [-0.15, -0.1) is 0 Å². The molecule has 0 bridgehead atoms. The Morgan fingerprint density at radius 1 is 0.889 bits per heavy atom. The maximum atomic E-state index is 6.12. The molecular weight excluding hydrogens is 265 g/mol. The van der Waals surface area contributed by atoms with Crippen LogP contribution >= 0.6 is 23.2 Å². The highest BCUT2D eigenvalue weighted by Gasteiger charge is 2.05. The molecule has 0 atom stereocenters. The van der Waals surface area contributed by atoms with E-state index >= 15 is 0 Å². The average Bonchev–Trinajstić information content (AvgIpc) is 2.35. The van der Waals surface area contributed by atoms with Crippen LogP contribution in [0.1, 0.15) is 16.7 Å². The van der Waals surface area contributed by atoms with E-state index in [2.05, 4.69) is 24.4 Å². The Balaban J connectivity index is 1.99. The molecule has 0 saturated carbocycles. The Morgan fingerprint density at radius 2 is 1.56 bits per heavy atom. The molecule has 2 aromatic rings. The van der Waals surface area contributed by atoms with E-state index < -0.39 is 0 Å². The van der Waals surface area contributed by atoms with Crippen molar-refractivity contribution in [2.45, 2.75) is 20.0 Å². The molecule has 1 N–H and O–H groups in total. The Hall–Kier alpha value is -1.02. The van der Waals surface area contributed by atoms with Gasteiger partial charge in [0, 0.05) is 28.7 Å². The van der Waals surface area contributed by atoms with Crippen molar-refractivity contribution < 1.29 is 0 Å². The van der Waals surface area contributed by atoms with Gasteiger partial charge in [-0.2, -0.15) is 0 Å². The van der Waals surface area contributed by atoms with E-state index in [1.807, 2.05) is 30.3 Å². The lowest BCUT2D eigenvalue weighted by molar-refractivity contribution is 0.691. The number of hydrogen-bond donors (Lipinski definition) is 1. The average molecular weight is 280 g/mol. The number of halogens is 2. The molecule has 94 valence electrons. The van der Waals surface area contributed by atoms with Crippen molar-refractivity contribution in [1.82, 2.24) is 5.32 Å². The fourth-order valence-corrected chi connectivity index (χ4v) is 2.36. The lowest BCUT2D eigenvalue weighted by Gasteiger charge is -2.10. The van der Waals surface area contributed by atoms with Gasteiger partial charge in [0.1, 0.15) is 0 Å². The van der Waals surface area contributed by atoms with Gasteiger partial charge in [0.15, 0.2) is 0 Å². The Bertz CT molecular complexity index is 518. The van der Waals surface area contributed by atoms with E-state index in [9.17, 15) is 0 Å². The highest BCUT2D eigenvalue weighted by molar-refractivity contribution is 6.35. The predicted molar refractivity (Wildman–Crippen MR) is 78.2 cm³/mol. The molecule has 0 aliphatic heterocycles. The summed E-state index contributed by atoms with van der Waals surface area (Å²) in [7, 11) is 0. The summed E-state index contributed by atoms with van der Waals surface area (Å²) in [6.07, 6.45) is 0. The van der Waals surface area contributed by atoms with E-state index in [1.54, 1.807) is 0 Å². The second-order valence-corrected chi connectivity index (χ2v) is 5.04. The molecule has 0 aliphatic rings. The highest BCUT2D eigenvalue weighted by atomic mass is 35.5. The van der Waals surface area contributed by atoms with Crippen LogP contribution in [0.3, 0.4) is 0 Å². The largest absolute Gasteiger partial charge is 0.309 e. The van der Waals surface area contributed by atoms with E-state index in [0.29, 0.717) is 16.6 Å². The molecule has 2 aromatic carbocycles. The van der Waals surface area contributed by atoms with Gasteiger partial charge in [0.2, 0.25) is 0 Å². The lowest BCUT2D eigenvalue weighted by Crippen LogP contribution is -2.14. The van der Waals surface area contributed by atoms with Crippen LogP contribution in [0.25, 0.3) is 0 Å². The second-order valence-electron chi connectivity index (χ2n) is 4.23. The number of hydrogen-bond acceptors (Lipinski definition) is 1. The van der Waals surface area contributed by atoms with Gasteiger partial charge in [-0.3, -0.25) is 0 Å².